The van der Waals surface area contributed by atoms with E-state index in [2.05, 4.69) is 31.9 Å². The zero-order valence-corrected chi connectivity index (χ0v) is 34.6. The number of carboxylic acids is 5. The number of rotatable bonds is 38. The van der Waals surface area contributed by atoms with Crippen molar-refractivity contribution in [3.63, 3.8) is 0 Å². The summed E-state index contributed by atoms with van der Waals surface area (Å²) < 4.78 is 0. The van der Waals surface area contributed by atoms with Gasteiger partial charge in [0.25, 0.3) is 0 Å². The van der Waals surface area contributed by atoms with Crippen LogP contribution in [0.4, 0.5) is 0 Å². The summed E-state index contributed by atoms with van der Waals surface area (Å²) in [6.07, 6.45) is 2.14. The van der Waals surface area contributed by atoms with Crippen molar-refractivity contribution in [2.45, 2.75) is 159 Å². The van der Waals surface area contributed by atoms with Crippen LogP contribution < -0.4 is 31.9 Å². The monoisotopic (exact) mass is 872 g/mol. The van der Waals surface area contributed by atoms with Gasteiger partial charge in [0.2, 0.25) is 35.4 Å². The Balaban J connectivity index is 5.68. The number of unbranched alkanes of at least 4 members (excludes halogenated alkanes) is 4. The number of carboxylic acid groups (broad SMARTS) is 5. The van der Waals surface area contributed by atoms with Crippen LogP contribution in [0, 0.1) is 0 Å². The maximum atomic E-state index is 13.7. The molecule has 0 aromatic carbocycles. The number of hydrogen-bond donors (Lipinski definition) is 11. The Kier molecular flexibility index (Phi) is 30.7. The van der Waals surface area contributed by atoms with Crippen LogP contribution in [-0.2, 0) is 52.7 Å². The second kappa shape index (κ2) is 33.9. The Labute approximate surface area is 354 Å². The molecule has 22 heteroatoms. The molecule has 346 valence electrons. The number of amides is 6. The van der Waals surface area contributed by atoms with Crippen LogP contribution in [0.3, 0.4) is 0 Å². The lowest BCUT2D eigenvalue weighted by molar-refractivity contribution is -0.142. The predicted octanol–water partition coefficient (Wildman–Crippen LogP) is 0.795. The molecule has 3 atom stereocenters. The third-order valence-electron chi connectivity index (χ3n) is 9.05. The molecule has 0 heterocycles. The highest BCUT2D eigenvalue weighted by Crippen LogP contribution is 2.10. The van der Waals surface area contributed by atoms with Gasteiger partial charge in [-0.3, -0.25) is 47.9 Å². The minimum Gasteiger partial charge on any atom is -0.481 e. The third kappa shape index (κ3) is 32.7. The van der Waals surface area contributed by atoms with Gasteiger partial charge in [0.05, 0.1) is 0 Å². The Morgan fingerprint density at radius 2 is 0.607 bits per heavy atom. The van der Waals surface area contributed by atoms with Crippen molar-refractivity contribution in [2.75, 3.05) is 19.6 Å². The molecule has 0 rings (SSSR count). The molecule has 0 aliphatic rings. The van der Waals surface area contributed by atoms with Crippen molar-refractivity contribution >= 4 is 65.3 Å². The quantitative estimate of drug-likeness (QED) is 0.0382. The third-order valence-corrected chi connectivity index (χ3v) is 9.05. The molecule has 0 aliphatic carbocycles. The van der Waals surface area contributed by atoms with Crippen LogP contribution in [0.25, 0.3) is 0 Å². The van der Waals surface area contributed by atoms with E-state index in [0.717, 1.165) is 0 Å². The number of nitrogens with one attached hydrogen (secondary N) is 6. The largest absolute Gasteiger partial charge is 0.481 e. The number of carbonyl (C=O) groups excluding carboxylic acids is 6. The molecule has 61 heavy (non-hydrogen) atoms. The standard InChI is InChI=1S/C39H64N6O16/c46-29(15-8-19-33(50)51)40-23-5-1-2-14-28(39(60)61)45-38(59)27(13-4-7-25-42-31(48)17-10-21-35(54)55)44-37(58)26(43-32(49)18-11-22-36(56)57)12-3-6-24-41-30(47)16-9-20-34(52)53/h26-28H,1-25H2,(H,40,46)(H,41,47)(H,42,48)(H,43,49)(H,44,58)(H,45,59)(H,50,51)(H,52,53)(H,54,55)(H,56,57)(H,60,61)/t26?,27-,28-/m0/s1. The van der Waals surface area contributed by atoms with Crippen molar-refractivity contribution in [3.8, 4) is 0 Å². The molecular weight excluding hydrogens is 808 g/mol. The van der Waals surface area contributed by atoms with E-state index >= 15 is 0 Å². The molecule has 0 bridgehead atoms. The molecule has 0 fully saturated rings. The van der Waals surface area contributed by atoms with E-state index in [-0.39, 0.29) is 140 Å². The van der Waals surface area contributed by atoms with Gasteiger partial charge in [0, 0.05) is 71.0 Å². The molecule has 6 amide bonds. The molecule has 0 aliphatic heterocycles. The number of aliphatic carboxylic acids is 5. The summed E-state index contributed by atoms with van der Waals surface area (Å²) in [5.74, 6) is -8.80. The van der Waals surface area contributed by atoms with Gasteiger partial charge in [-0.25, -0.2) is 4.79 Å². The van der Waals surface area contributed by atoms with E-state index in [1.807, 2.05) is 0 Å². The lowest BCUT2D eigenvalue weighted by atomic mass is 10.0. The molecule has 0 aromatic rings. The molecule has 11 N–H and O–H groups in total. The van der Waals surface area contributed by atoms with Gasteiger partial charge >= 0.3 is 29.8 Å². The van der Waals surface area contributed by atoms with Crippen LogP contribution in [-0.4, -0.2) is 129 Å². The zero-order valence-electron chi connectivity index (χ0n) is 34.6. The average Bonchev–Trinajstić information content (AvgIpc) is 3.16. The van der Waals surface area contributed by atoms with Crippen molar-refractivity contribution in [1.29, 1.82) is 0 Å². The Morgan fingerprint density at radius 1 is 0.311 bits per heavy atom. The van der Waals surface area contributed by atoms with E-state index < -0.39 is 65.7 Å². The first-order chi connectivity index (χ1) is 28.9. The highest BCUT2D eigenvalue weighted by atomic mass is 16.4. The van der Waals surface area contributed by atoms with Crippen molar-refractivity contribution < 1.29 is 78.3 Å². The summed E-state index contributed by atoms with van der Waals surface area (Å²) in [5.41, 5.74) is 0. The SMILES string of the molecule is O=C(O)CCCC(=O)NCCCCC[C@H](NC(=O)[C@H](CCCCNC(=O)CCCC(=O)O)NC(=O)C(CCCCNC(=O)CCCC(=O)O)NC(=O)CCCC(=O)O)C(=O)O. The maximum Gasteiger partial charge on any atom is 0.326 e. The summed E-state index contributed by atoms with van der Waals surface area (Å²) >= 11 is 0. The molecule has 0 radical (unpaired) electrons. The van der Waals surface area contributed by atoms with E-state index in [1.54, 1.807) is 0 Å². The smallest absolute Gasteiger partial charge is 0.326 e. The van der Waals surface area contributed by atoms with E-state index in [4.69, 9.17) is 20.4 Å². The van der Waals surface area contributed by atoms with E-state index in [9.17, 15) is 57.8 Å². The van der Waals surface area contributed by atoms with Crippen LogP contribution in [0.15, 0.2) is 0 Å². The van der Waals surface area contributed by atoms with Crippen LogP contribution in [0.1, 0.15) is 141 Å². The second-order valence-electron chi connectivity index (χ2n) is 14.5. The van der Waals surface area contributed by atoms with Gasteiger partial charge in [-0.05, 0) is 77.0 Å². The molecule has 0 saturated heterocycles. The van der Waals surface area contributed by atoms with Gasteiger partial charge in [0.1, 0.15) is 18.1 Å². The van der Waals surface area contributed by atoms with Gasteiger partial charge in [0.15, 0.2) is 0 Å². The maximum absolute atomic E-state index is 13.7. The van der Waals surface area contributed by atoms with Crippen LogP contribution in [0.2, 0.25) is 0 Å². The average molecular weight is 873 g/mol. The molecule has 0 spiro atoms. The minimum atomic E-state index is -1.35. The highest BCUT2D eigenvalue weighted by molar-refractivity contribution is 5.93. The summed E-state index contributed by atoms with van der Waals surface area (Å²) in [7, 11) is 0. The van der Waals surface area contributed by atoms with E-state index in [1.165, 1.54) is 0 Å². The first-order valence-corrected chi connectivity index (χ1v) is 20.7. The minimum absolute atomic E-state index is 0.00419. The van der Waals surface area contributed by atoms with Crippen molar-refractivity contribution in [2.24, 2.45) is 0 Å². The summed E-state index contributed by atoms with van der Waals surface area (Å²) in [6.45, 7) is 0.640. The lowest BCUT2D eigenvalue weighted by Gasteiger charge is -2.25. The first kappa shape index (κ1) is 55.2. The van der Waals surface area contributed by atoms with Crippen LogP contribution in [0.5, 0.6) is 0 Å². The van der Waals surface area contributed by atoms with Crippen molar-refractivity contribution in [3.05, 3.63) is 0 Å². The van der Waals surface area contributed by atoms with Gasteiger partial charge in [-0.2, -0.15) is 0 Å². The van der Waals surface area contributed by atoms with Crippen molar-refractivity contribution in [1.82, 2.24) is 31.9 Å². The normalized spacial score (nSPS) is 12.1. The molecule has 0 aromatic heterocycles. The lowest BCUT2D eigenvalue weighted by Crippen LogP contribution is -2.55. The van der Waals surface area contributed by atoms with E-state index in [0.29, 0.717) is 38.5 Å². The second-order valence-corrected chi connectivity index (χ2v) is 14.5. The topological polar surface area (TPSA) is 361 Å². The fourth-order valence-electron chi connectivity index (χ4n) is 5.75. The van der Waals surface area contributed by atoms with Gasteiger partial charge in [-0.1, -0.05) is 12.8 Å². The number of carbonyl (C=O) groups is 11. The summed E-state index contributed by atoms with van der Waals surface area (Å²) in [6, 6.07) is -3.86. The Bertz CT molecular complexity index is 1460. The summed E-state index contributed by atoms with van der Waals surface area (Å²) in [5, 5.41) is 60.6. The van der Waals surface area contributed by atoms with Gasteiger partial charge in [-0.15, -0.1) is 0 Å². The van der Waals surface area contributed by atoms with Gasteiger partial charge < -0.3 is 57.4 Å². The number of hydrogen-bond acceptors (Lipinski definition) is 11. The zero-order chi connectivity index (χ0) is 46.0. The molecule has 0 saturated carbocycles. The Hall–Kier alpha value is -5.83. The molecular formula is C39H64N6O16. The fraction of sp³-hybridized carbons (Fsp3) is 0.718. The first-order valence-electron chi connectivity index (χ1n) is 20.7. The molecule has 22 nitrogen and oxygen atoms in total. The highest BCUT2D eigenvalue weighted by Gasteiger charge is 2.29. The fourth-order valence-corrected chi connectivity index (χ4v) is 5.75. The molecule has 1 unspecified atom stereocenters. The summed E-state index contributed by atoms with van der Waals surface area (Å²) in [4.78, 5) is 131. The Morgan fingerprint density at radius 3 is 0.967 bits per heavy atom. The van der Waals surface area contributed by atoms with Crippen LogP contribution >= 0.6 is 0 Å². The predicted molar refractivity (Wildman–Crippen MR) is 215 cm³/mol.